The summed E-state index contributed by atoms with van der Waals surface area (Å²) in [7, 11) is -2.46. The van der Waals surface area contributed by atoms with Gasteiger partial charge in [-0.05, 0) is 11.9 Å². The Morgan fingerprint density at radius 1 is 1.47 bits per heavy atom. The average Bonchev–Trinajstić information content (AvgIpc) is 2.19. The van der Waals surface area contributed by atoms with Gasteiger partial charge < -0.3 is 15.1 Å². The normalized spacial score (nSPS) is 12.2. The molecule has 0 amide bonds. The molecule has 0 aromatic rings. The number of carboxylic acids is 1. The van der Waals surface area contributed by atoms with Crippen molar-refractivity contribution in [3.05, 3.63) is 0 Å². The first-order chi connectivity index (χ1) is 7.85. The van der Waals surface area contributed by atoms with E-state index in [2.05, 4.69) is 15.0 Å². The third-order valence-corrected chi connectivity index (χ3v) is 3.19. The van der Waals surface area contributed by atoms with Crippen molar-refractivity contribution in [1.82, 2.24) is 10.0 Å². The molecule has 0 spiro atoms. The van der Waals surface area contributed by atoms with Crippen LogP contribution < -0.4 is 10.0 Å². The summed E-state index contributed by atoms with van der Waals surface area (Å²) in [5.74, 6) is -0.784. The van der Waals surface area contributed by atoms with Gasteiger partial charge in [0.25, 0.3) is 10.1 Å². The molecule has 0 saturated heterocycles. The molecular weight excluding hydrogens is 270 g/mol. The van der Waals surface area contributed by atoms with Crippen LogP contribution in [-0.2, 0) is 14.9 Å². The largest absolute Gasteiger partial charge is 0.481 e. The van der Waals surface area contributed by atoms with Gasteiger partial charge in [0.15, 0.2) is 0 Å². The molecule has 0 aliphatic rings. The molecule has 0 radical (unpaired) electrons. The summed E-state index contributed by atoms with van der Waals surface area (Å²) in [6.07, 6.45) is -0.0453. The van der Waals surface area contributed by atoms with E-state index in [-0.39, 0.29) is 24.5 Å². The van der Waals surface area contributed by atoms with Gasteiger partial charge in [-0.25, -0.2) is 0 Å². The summed E-state index contributed by atoms with van der Waals surface area (Å²) in [4.78, 5) is 14.0. The number of hydrogen-bond donors (Lipinski definition) is 4. The molecule has 0 unspecified atom stereocenters. The number of hydrogen-bond acceptors (Lipinski definition) is 5. The van der Waals surface area contributed by atoms with Gasteiger partial charge >= 0.3 is 5.97 Å². The molecule has 0 aliphatic carbocycles. The zero-order chi connectivity index (χ0) is 13.3. The number of carbonyl (C=O) groups is 1. The highest BCUT2D eigenvalue weighted by Gasteiger charge is 2.05. The Morgan fingerprint density at radius 2 is 2.12 bits per heavy atom. The zero-order valence-electron chi connectivity index (χ0n) is 9.21. The quantitative estimate of drug-likeness (QED) is 0.157. The highest BCUT2D eigenvalue weighted by Crippen LogP contribution is 1.95. The first kappa shape index (κ1) is 16.0. The van der Waals surface area contributed by atoms with E-state index in [1.807, 2.05) is 0 Å². The van der Waals surface area contributed by atoms with Crippen LogP contribution in [0.4, 0.5) is 0 Å². The lowest BCUT2D eigenvalue weighted by molar-refractivity contribution is -0.136. The van der Waals surface area contributed by atoms with Crippen LogP contribution >= 0.6 is 11.9 Å². The van der Waals surface area contributed by atoms with Gasteiger partial charge in [0.2, 0.25) is 5.96 Å². The van der Waals surface area contributed by atoms with Crippen molar-refractivity contribution in [3.63, 3.8) is 0 Å². The molecule has 0 atom stereocenters. The van der Waals surface area contributed by atoms with E-state index < -0.39 is 16.1 Å². The highest BCUT2D eigenvalue weighted by atomic mass is 32.2. The monoisotopic (exact) mass is 285 g/mol. The maximum Gasteiger partial charge on any atom is 0.305 e. The fourth-order valence-electron chi connectivity index (χ4n) is 0.715. The van der Waals surface area contributed by atoms with Crippen molar-refractivity contribution >= 4 is 34.0 Å². The minimum Gasteiger partial charge on any atom is -0.481 e. The number of nitrogens with zero attached hydrogens (tertiary/aromatic N) is 1. The Hall–Kier alpha value is -1.00. The maximum absolute atomic E-state index is 10.4. The van der Waals surface area contributed by atoms with Gasteiger partial charge in [-0.3, -0.25) is 14.3 Å². The van der Waals surface area contributed by atoms with Crippen molar-refractivity contribution in [2.45, 2.75) is 6.42 Å². The molecule has 0 aromatic heterocycles. The summed E-state index contributed by atoms with van der Waals surface area (Å²) in [6.45, 7) is 0.216. The lowest BCUT2D eigenvalue weighted by Gasteiger charge is -2.09. The molecular formula is C7H15N3O5S2. The van der Waals surface area contributed by atoms with Crippen molar-refractivity contribution < 1.29 is 22.9 Å². The smallest absolute Gasteiger partial charge is 0.305 e. The van der Waals surface area contributed by atoms with Crippen LogP contribution in [0.3, 0.4) is 0 Å². The van der Waals surface area contributed by atoms with Crippen molar-refractivity contribution in [2.24, 2.45) is 4.99 Å². The standard InChI is InChI=1S/C7H15N3O5S2/c1-8-7(9-3-2-6(11)12)10-16-4-5-17(13,14)15/h2-5H2,1H3,(H,11,12)(H2,8,9,10)(H,13,14,15). The van der Waals surface area contributed by atoms with Gasteiger partial charge in [0, 0.05) is 19.3 Å². The summed E-state index contributed by atoms with van der Waals surface area (Å²) in [5.41, 5.74) is 0. The van der Waals surface area contributed by atoms with Crippen LogP contribution in [0, 0.1) is 0 Å². The lowest BCUT2D eigenvalue weighted by atomic mass is 10.4. The predicted octanol–water partition coefficient (Wildman–Crippen LogP) is -0.838. The Labute approximate surface area is 104 Å². The lowest BCUT2D eigenvalue weighted by Crippen LogP contribution is -2.35. The Kier molecular flexibility index (Phi) is 7.66. The van der Waals surface area contributed by atoms with E-state index in [0.717, 1.165) is 11.9 Å². The SMILES string of the molecule is CN=C(NCCC(=O)O)NSCCS(=O)(=O)O. The first-order valence-corrected chi connectivity index (χ1v) is 7.20. The second kappa shape index (κ2) is 8.14. The van der Waals surface area contributed by atoms with E-state index in [0.29, 0.717) is 5.96 Å². The summed E-state index contributed by atoms with van der Waals surface area (Å²) < 4.78 is 32.0. The minimum atomic E-state index is -3.96. The Bertz CT molecular complexity index is 368. The molecule has 100 valence electrons. The van der Waals surface area contributed by atoms with Crippen LogP contribution in [0.15, 0.2) is 4.99 Å². The maximum atomic E-state index is 10.4. The van der Waals surface area contributed by atoms with E-state index in [4.69, 9.17) is 9.66 Å². The Balaban J connectivity index is 3.73. The molecule has 0 saturated carbocycles. The van der Waals surface area contributed by atoms with Crippen LogP contribution in [-0.4, -0.2) is 55.1 Å². The van der Waals surface area contributed by atoms with Crippen molar-refractivity contribution in [3.8, 4) is 0 Å². The number of aliphatic imine (C=N–C) groups is 1. The van der Waals surface area contributed by atoms with Gasteiger partial charge in [-0.1, -0.05) is 0 Å². The minimum absolute atomic E-state index is 0.0453. The van der Waals surface area contributed by atoms with E-state index in [1.165, 1.54) is 7.05 Å². The third kappa shape index (κ3) is 11.3. The number of guanidine groups is 1. The van der Waals surface area contributed by atoms with Gasteiger partial charge in [0.05, 0.1) is 12.2 Å². The molecule has 0 fully saturated rings. The number of aliphatic carboxylic acids is 1. The summed E-state index contributed by atoms with van der Waals surface area (Å²) in [5, 5.41) is 11.1. The van der Waals surface area contributed by atoms with Crippen molar-refractivity contribution in [1.29, 1.82) is 0 Å². The van der Waals surface area contributed by atoms with E-state index in [9.17, 15) is 13.2 Å². The average molecular weight is 285 g/mol. The number of nitrogens with one attached hydrogen (secondary N) is 2. The first-order valence-electron chi connectivity index (χ1n) is 4.60. The molecule has 17 heavy (non-hydrogen) atoms. The molecule has 10 heteroatoms. The van der Waals surface area contributed by atoms with Gasteiger partial charge in [-0.2, -0.15) is 8.42 Å². The number of carboxylic acid groups (broad SMARTS) is 1. The zero-order valence-corrected chi connectivity index (χ0v) is 10.8. The molecule has 0 aromatic carbocycles. The third-order valence-electron chi connectivity index (χ3n) is 1.47. The molecule has 8 nitrogen and oxygen atoms in total. The van der Waals surface area contributed by atoms with Crippen LogP contribution in [0.25, 0.3) is 0 Å². The fourth-order valence-corrected chi connectivity index (χ4v) is 2.29. The molecule has 0 aliphatic heterocycles. The number of rotatable bonds is 7. The molecule has 0 bridgehead atoms. The topological polar surface area (TPSA) is 128 Å². The Morgan fingerprint density at radius 3 is 2.59 bits per heavy atom. The van der Waals surface area contributed by atoms with E-state index in [1.54, 1.807) is 0 Å². The second-order valence-corrected chi connectivity index (χ2v) is 5.35. The summed E-state index contributed by atoms with van der Waals surface area (Å²) in [6, 6.07) is 0. The predicted molar refractivity (Wildman–Crippen MR) is 65.6 cm³/mol. The highest BCUT2D eigenvalue weighted by molar-refractivity contribution is 7.98. The van der Waals surface area contributed by atoms with E-state index >= 15 is 0 Å². The van der Waals surface area contributed by atoms with Crippen molar-refractivity contribution in [2.75, 3.05) is 25.1 Å². The van der Waals surface area contributed by atoms with Crippen LogP contribution in [0.1, 0.15) is 6.42 Å². The molecule has 0 heterocycles. The van der Waals surface area contributed by atoms with Gasteiger partial charge in [0.1, 0.15) is 0 Å². The van der Waals surface area contributed by atoms with Crippen LogP contribution in [0.5, 0.6) is 0 Å². The molecule has 0 rings (SSSR count). The molecule has 4 N–H and O–H groups in total. The fraction of sp³-hybridized carbons (Fsp3) is 0.714. The second-order valence-electron chi connectivity index (χ2n) is 2.88. The summed E-state index contributed by atoms with van der Waals surface area (Å²) >= 11 is 1.04. The van der Waals surface area contributed by atoms with Gasteiger partial charge in [-0.15, -0.1) is 0 Å². The van der Waals surface area contributed by atoms with Crippen LogP contribution in [0.2, 0.25) is 0 Å².